The molecule has 0 saturated carbocycles. The molecule has 9 aromatic carbocycles. The van der Waals surface area contributed by atoms with Gasteiger partial charge in [0.05, 0.1) is 0 Å². The van der Waals surface area contributed by atoms with Crippen molar-refractivity contribution in [1.29, 1.82) is 0 Å². The summed E-state index contributed by atoms with van der Waals surface area (Å²) >= 11 is 0. The highest BCUT2D eigenvalue weighted by Crippen LogP contribution is 2.56. The number of benzene rings is 9. The maximum atomic E-state index is 2.51. The summed E-state index contributed by atoms with van der Waals surface area (Å²) < 4.78 is 0. The van der Waals surface area contributed by atoms with E-state index in [2.05, 4.69) is 211 Å². The van der Waals surface area contributed by atoms with Gasteiger partial charge in [-0.25, -0.2) is 0 Å². The number of rotatable bonds is 3. The summed E-state index contributed by atoms with van der Waals surface area (Å²) in [6.07, 6.45) is 0. The second-order valence-corrected chi connectivity index (χ2v) is 18.8. The Labute approximate surface area is 347 Å². The largest absolute Gasteiger partial charge is 0.0619 e. The molecule has 0 atom stereocenters. The van der Waals surface area contributed by atoms with Gasteiger partial charge in [-0.15, -0.1) is 0 Å². The van der Waals surface area contributed by atoms with Crippen LogP contribution < -0.4 is 0 Å². The van der Waals surface area contributed by atoms with Crippen LogP contribution in [0.15, 0.2) is 170 Å². The van der Waals surface area contributed by atoms with Crippen LogP contribution in [-0.2, 0) is 16.2 Å². The SMILES string of the molecule is CC1(C)c2ccccc2-c2cc(-c3c4ccccc4c(-c4cccc5c4-c4ccccc4C5(C)C)c4cc(-c5ccc6c(c5)C(C)(C)c5ccccc5-6)ccc34)ccc21. The van der Waals surface area contributed by atoms with Gasteiger partial charge in [-0.3, -0.25) is 0 Å². The Morgan fingerprint density at radius 2 is 0.695 bits per heavy atom. The highest BCUT2D eigenvalue weighted by Gasteiger charge is 2.39. The van der Waals surface area contributed by atoms with Gasteiger partial charge < -0.3 is 0 Å². The second kappa shape index (κ2) is 11.8. The van der Waals surface area contributed by atoms with Gasteiger partial charge >= 0.3 is 0 Å². The van der Waals surface area contributed by atoms with Crippen LogP contribution in [0.5, 0.6) is 0 Å². The van der Waals surface area contributed by atoms with Crippen molar-refractivity contribution >= 4 is 21.5 Å². The van der Waals surface area contributed by atoms with Crippen LogP contribution in [0.25, 0.3) is 88.3 Å². The minimum atomic E-state index is -0.0953. The molecule has 0 N–H and O–H groups in total. The molecule has 12 rings (SSSR count). The fraction of sp³-hybridized carbons (Fsp3) is 0.153. The van der Waals surface area contributed by atoms with Gasteiger partial charge in [-0.2, -0.15) is 0 Å². The summed E-state index contributed by atoms with van der Waals surface area (Å²) in [7, 11) is 0. The van der Waals surface area contributed by atoms with Crippen molar-refractivity contribution in [2.45, 2.75) is 57.8 Å². The summed E-state index contributed by atoms with van der Waals surface area (Å²) in [5.74, 6) is 0. The van der Waals surface area contributed by atoms with E-state index in [1.165, 1.54) is 122 Å². The molecule has 0 radical (unpaired) electrons. The van der Waals surface area contributed by atoms with Crippen LogP contribution in [0, 0.1) is 0 Å². The van der Waals surface area contributed by atoms with Crippen LogP contribution in [0.2, 0.25) is 0 Å². The first-order chi connectivity index (χ1) is 28.5. The summed E-state index contributed by atoms with van der Waals surface area (Å²) in [6.45, 7) is 14.3. The Morgan fingerprint density at radius 3 is 1.42 bits per heavy atom. The van der Waals surface area contributed by atoms with E-state index < -0.39 is 0 Å². The van der Waals surface area contributed by atoms with Crippen molar-refractivity contribution < 1.29 is 0 Å². The van der Waals surface area contributed by atoms with Gasteiger partial charge in [0.1, 0.15) is 0 Å². The summed E-state index contributed by atoms with van der Waals surface area (Å²) in [6, 6.07) is 65.0. The van der Waals surface area contributed by atoms with Gasteiger partial charge in [-0.1, -0.05) is 193 Å². The Morgan fingerprint density at radius 1 is 0.237 bits per heavy atom. The quantitative estimate of drug-likeness (QED) is 0.158. The third-order valence-electron chi connectivity index (χ3n) is 14.7. The van der Waals surface area contributed by atoms with Crippen LogP contribution in [0.4, 0.5) is 0 Å². The lowest BCUT2D eigenvalue weighted by atomic mass is 9.79. The third kappa shape index (κ3) is 4.55. The first-order valence-electron chi connectivity index (χ1n) is 21.3. The minimum absolute atomic E-state index is 0.0447. The smallest absolute Gasteiger partial charge is 0.0159 e. The molecular formula is C59H46. The fourth-order valence-corrected chi connectivity index (χ4v) is 11.7. The zero-order valence-electron chi connectivity index (χ0n) is 34.7. The minimum Gasteiger partial charge on any atom is -0.0619 e. The molecule has 0 unspecified atom stereocenters. The summed E-state index contributed by atoms with van der Waals surface area (Å²) in [5, 5.41) is 5.14. The lowest BCUT2D eigenvalue weighted by Gasteiger charge is -2.24. The fourth-order valence-electron chi connectivity index (χ4n) is 11.7. The van der Waals surface area contributed by atoms with Gasteiger partial charge in [0.15, 0.2) is 0 Å². The van der Waals surface area contributed by atoms with Crippen LogP contribution in [0.3, 0.4) is 0 Å². The molecule has 59 heavy (non-hydrogen) atoms. The maximum Gasteiger partial charge on any atom is 0.0159 e. The van der Waals surface area contributed by atoms with Gasteiger partial charge in [-0.05, 0) is 140 Å². The van der Waals surface area contributed by atoms with Crippen LogP contribution in [-0.4, -0.2) is 0 Å². The molecule has 0 spiro atoms. The van der Waals surface area contributed by atoms with Crippen molar-refractivity contribution in [3.63, 3.8) is 0 Å². The molecule has 3 aliphatic rings. The predicted octanol–water partition coefficient (Wildman–Crippen LogP) is 15.9. The van der Waals surface area contributed by atoms with E-state index in [0.29, 0.717) is 0 Å². The highest BCUT2D eigenvalue weighted by atomic mass is 14.4. The van der Waals surface area contributed by atoms with Gasteiger partial charge in [0, 0.05) is 16.2 Å². The van der Waals surface area contributed by atoms with E-state index in [9.17, 15) is 0 Å². The summed E-state index contributed by atoms with van der Waals surface area (Å²) in [5.41, 5.74) is 24.0. The molecule has 0 bridgehead atoms. The molecule has 0 heteroatoms. The molecule has 0 heterocycles. The van der Waals surface area contributed by atoms with Crippen molar-refractivity contribution in [1.82, 2.24) is 0 Å². The average Bonchev–Trinajstić information content (AvgIpc) is 3.75. The highest BCUT2D eigenvalue weighted by molar-refractivity contribution is 6.23. The van der Waals surface area contributed by atoms with Gasteiger partial charge in [0.2, 0.25) is 0 Å². The standard InChI is InChI=1S/C59H46/c1-57(2)49-23-13-10-17-39(49)46-33-37(28-31-51(46)57)54-41-18-7-8-19-42(41)55(45-21-15-25-52-56(45)44-20-11-14-24-50(44)58(52,3)4)47-32-35(27-30-43(47)54)36-26-29-40-38-16-9-12-22-48(38)59(5,6)53(40)34-36/h7-34H,1-6H3. The lowest BCUT2D eigenvalue weighted by molar-refractivity contribution is 0.660. The van der Waals surface area contributed by atoms with E-state index in [1.807, 2.05) is 0 Å². The predicted molar refractivity (Wildman–Crippen MR) is 250 cm³/mol. The molecule has 282 valence electrons. The first-order valence-corrected chi connectivity index (χ1v) is 21.3. The number of hydrogen-bond acceptors (Lipinski definition) is 0. The molecular weight excluding hydrogens is 709 g/mol. The lowest BCUT2D eigenvalue weighted by Crippen LogP contribution is -2.14. The van der Waals surface area contributed by atoms with E-state index >= 15 is 0 Å². The Bertz CT molecular complexity index is 3290. The maximum absolute atomic E-state index is 2.51. The molecule has 0 aliphatic heterocycles. The second-order valence-electron chi connectivity index (χ2n) is 18.8. The van der Waals surface area contributed by atoms with Crippen molar-refractivity contribution in [2.75, 3.05) is 0 Å². The molecule has 9 aromatic rings. The van der Waals surface area contributed by atoms with Crippen molar-refractivity contribution in [3.05, 3.63) is 203 Å². The Hall–Kier alpha value is -6.50. The molecule has 0 saturated heterocycles. The Kier molecular flexibility index (Phi) is 6.91. The Balaban J connectivity index is 1.17. The number of hydrogen-bond donors (Lipinski definition) is 0. The van der Waals surface area contributed by atoms with E-state index in [0.717, 1.165) is 0 Å². The van der Waals surface area contributed by atoms with Crippen LogP contribution in [0.1, 0.15) is 74.9 Å². The molecule has 0 amide bonds. The number of fused-ring (bicyclic) bond motifs is 11. The molecule has 0 fully saturated rings. The molecule has 0 nitrogen and oxygen atoms in total. The molecule has 0 aromatic heterocycles. The molecule has 3 aliphatic carbocycles. The monoisotopic (exact) mass is 754 g/mol. The average molecular weight is 755 g/mol. The van der Waals surface area contributed by atoms with E-state index in [4.69, 9.17) is 0 Å². The van der Waals surface area contributed by atoms with Crippen molar-refractivity contribution in [3.8, 4) is 66.8 Å². The van der Waals surface area contributed by atoms with E-state index in [-0.39, 0.29) is 16.2 Å². The zero-order valence-corrected chi connectivity index (χ0v) is 34.7. The first kappa shape index (κ1) is 34.5. The van der Waals surface area contributed by atoms with Crippen LogP contribution >= 0.6 is 0 Å². The third-order valence-corrected chi connectivity index (χ3v) is 14.7. The summed E-state index contributed by atoms with van der Waals surface area (Å²) in [4.78, 5) is 0. The van der Waals surface area contributed by atoms with Gasteiger partial charge in [0.25, 0.3) is 0 Å². The van der Waals surface area contributed by atoms with E-state index in [1.54, 1.807) is 0 Å². The zero-order chi connectivity index (χ0) is 40.0. The van der Waals surface area contributed by atoms with Crippen molar-refractivity contribution in [2.24, 2.45) is 0 Å². The topological polar surface area (TPSA) is 0 Å². The normalized spacial score (nSPS) is 15.7.